The molecule has 0 saturated carbocycles. The highest BCUT2D eigenvalue weighted by Gasteiger charge is 2.29. The second-order valence-corrected chi connectivity index (χ2v) is 6.41. The Morgan fingerprint density at radius 1 is 1.29 bits per heavy atom. The molecule has 1 unspecified atom stereocenters. The molecule has 1 saturated heterocycles. The molecule has 0 spiro atoms. The van der Waals surface area contributed by atoms with Gasteiger partial charge in [-0.05, 0) is 19.3 Å². The van der Waals surface area contributed by atoms with E-state index in [1.165, 1.54) is 12.8 Å². The molecule has 0 amide bonds. The Kier molecular flexibility index (Phi) is 10.6. The first-order valence-corrected chi connectivity index (χ1v) is 7.78. The fraction of sp³-hybridized carbons (Fsp3) is 0.933. The molecule has 1 fully saturated rings. The summed E-state index contributed by atoms with van der Waals surface area (Å²) in [4.78, 5) is 4.28. The van der Waals surface area contributed by atoms with Gasteiger partial charge in [0.2, 0.25) is 0 Å². The Labute approximate surface area is 146 Å². The average Bonchev–Trinajstić information content (AvgIpc) is 2.37. The smallest absolute Gasteiger partial charge is 0.188 e. The van der Waals surface area contributed by atoms with Crippen molar-refractivity contribution in [2.24, 2.45) is 16.6 Å². The van der Waals surface area contributed by atoms with Crippen molar-refractivity contribution in [3.8, 4) is 0 Å². The first-order valence-electron chi connectivity index (χ1n) is 7.78. The number of nitrogens with two attached hydrogens (primary N) is 1. The van der Waals surface area contributed by atoms with Gasteiger partial charge in [-0.1, -0.05) is 26.7 Å². The molecule has 0 bridgehead atoms. The highest BCUT2D eigenvalue weighted by Crippen LogP contribution is 2.20. The number of hydrogen-bond acceptors (Lipinski definition) is 3. The molecule has 0 aromatic rings. The van der Waals surface area contributed by atoms with Crippen LogP contribution in [-0.2, 0) is 4.74 Å². The Balaban J connectivity index is 0.00000400. The number of nitrogens with zero attached hydrogens (tertiary/aromatic N) is 1. The van der Waals surface area contributed by atoms with Gasteiger partial charge in [-0.2, -0.15) is 0 Å². The molecule has 1 atom stereocenters. The van der Waals surface area contributed by atoms with Crippen molar-refractivity contribution in [2.75, 3.05) is 19.8 Å². The fourth-order valence-electron chi connectivity index (χ4n) is 2.34. The summed E-state index contributed by atoms with van der Waals surface area (Å²) in [6.07, 6.45) is 4.79. The lowest BCUT2D eigenvalue weighted by Crippen LogP contribution is -2.42. The second kappa shape index (κ2) is 10.6. The Hall–Kier alpha value is -0.0800. The van der Waals surface area contributed by atoms with Crippen LogP contribution in [-0.4, -0.2) is 42.5 Å². The quantitative estimate of drug-likeness (QED) is 0.340. The molecule has 0 aromatic carbocycles. The topological polar surface area (TPSA) is 79.9 Å². The van der Waals surface area contributed by atoms with Gasteiger partial charge in [-0.3, -0.25) is 4.99 Å². The fourth-order valence-corrected chi connectivity index (χ4v) is 2.34. The van der Waals surface area contributed by atoms with E-state index in [0.717, 1.165) is 12.3 Å². The number of ether oxygens (including phenoxy) is 1. The van der Waals surface area contributed by atoms with E-state index in [-0.39, 0.29) is 24.0 Å². The normalized spacial score (nSPS) is 20.0. The lowest BCUT2D eigenvalue weighted by Gasteiger charge is -2.30. The predicted octanol–water partition coefficient (Wildman–Crippen LogP) is 2.27. The van der Waals surface area contributed by atoms with E-state index in [0.29, 0.717) is 44.6 Å². The first-order chi connectivity index (χ1) is 9.41. The van der Waals surface area contributed by atoms with Crippen molar-refractivity contribution in [3.05, 3.63) is 0 Å². The monoisotopic (exact) mass is 413 g/mol. The Bertz CT molecular complexity index is 305. The predicted molar refractivity (Wildman–Crippen MR) is 98.2 cm³/mol. The van der Waals surface area contributed by atoms with Gasteiger partial charge >= 0.3 is 0 Å². The molecule has 0 aliphatic carbocycles. The van der Waals surface area contributed by atoms with E-state index in [4.69, 9.17) is 10.5 Å². The van der Waals surface area contributed by atoms with Gasteiger partial charge in [-0.25, -0.2) is 0 Å². The number of hydrogen-bond donors (Lipinski definition) is 3. The van der Waals surface area contributed by atoms with Crippen LogP contribution in [0.1, 0.15) is 52.9 Å². The molecule has 1 rings (SSSR count). The summed E-state index contributed by atoms with van der Waals surface area (Å²) < 4.78 is 5.24. The van der Waals surface area contributed by atoms with Crippen molar-refractivity contribution in [2.45, 2.75) is 64.5 Å². The molecule has 21 heavy (non-hydrogen) atoms. The van der Waals surface area contributed by atoms with Crippen LogP contribution in [0.3, 0.4) is 0 Å². The SMILES string of the molecule is CC(C)CCCC(C)NC(N)=NCC1(O)CCOCC1.I. The van der Waals surface area contributed by atoms with Gasteiger partial charge in [-0.15, -0.1) is 24.0 Å². The summed E-state index contributed by atoms with van der Waals surface area (Å²) in [5, 5.41) is 13.5. The van der Waals surface area contributed by atoms with Crippen LogP contribution >= 0.6 is 24.0 Å². The van der Waals surface area contributed by atoms with Crippen LogP contribution in [0.2, 0.25) is 0 Å². The minimum Gasteiger partial charge on any atom is -0.388 e. The van der Waals surface area contributed by atoms with E-state index in [1.54, 1.807) is 0 Å². The maximum atomic E-state index is 10.3. The lowest BCUT2D eigenvalue weighted by atomic mass is 9.95. The molecule has 6 heteroatoms. The van der Waals surface area contributed by atoms with Crippen LogP contribution in [0.15, 0.2) is 4.99 Å². The van der Waals surface area contributed by atoms with E-state index in [9.17, 15) is 5.11 Å². The Morgan fingerprint density at radius 2 is 1.90 bits per heavy atom. The molecule has 1 aliphatic rings. The third kappa shape index (κ3) is 9.52. The molecular formula is C15H32IN3O2. The molecule has 5 nitrogen and oxygen atoms in total. The standard InChI is InChI=1S/C15H31N3O2.HI/c1-12(2)5-4-6-13(3)18-14(16)17-11-15(19)7-9-20-10-8-15;/h12-13,19H,4-11H2,1-3H3,(H3,16,17,18);1H. The molecule has 126 valence electrons. The van der Waals surface area contributed by atoms with Crippen molar-refractivity contribution >= 4 is 29.9 Å². The lowest BCUT2D eigenvalue weighted by molar-refractivity contribution is -0.0565. The van der Waals surface area contributed by atoms with Crippen LogP contribution < -0.4 is 11.1 Å². The number of halogens is 1. The van der Waals surface area contributed by atoms with Gasteiger partial charge in [0.15, 0.2) is 5.96 Å². The zero-order valence-corrected chi connectivity index (χ0v) is 15.9. The summed E-state index contributed by atoms with van der Waals surface area (Å²) in [6, 6.07) is 0.321. The van der Waals surface area contributed by atoms with Crippen molar-refractivity contribution < 1.29 is 9.84 Å². The minimum absolute atomic E-state index is 0. The first kappa shape index (κ1) is 20.9. The maximum absolute atomic E-state index is 10.3. The van der Waals surface area contributed by atoms with Gasteiger partial charge in [0.05, 0.1) is 12.1 Å². The van der Waals surface area contributed by atoms with Gasteiger partial charge in [0.1, 0.15) is 0 Å². The van der Waals surface area contributed by atoms with Gasteiger partial charge < -0.3 is 20.9 Å². The average molecular weight is 413 g/mol. The molecule has 4 N–H and O–H groups in total. The third-order valence-corrected chi connectivity index (χ3v) is 3.78. The van der Waals surface area contributed by atoms with E-state index < -0.39 is 5.60 Å². The van der Waals surface area contributed by atoms with Crippen LogP contribution in [0, 0.1) is 5.92 Å². The van der Waals surface area contributed by atoms with Crippen molar-refractivity contribution in [1.29, 1.82) is 0 Å². The van der Waals surface area contributed by atoms with Crippen molar-refractivity contribution in [1.82, 2.24) is 5.32 Å². The van der Waals surface area contributed by atoms with Crippen LogP contribution in [0.4, 0.5) is 0 Å². The minimum atomic E-state index is -0.745. The van der Waals surface area contributed by atoms with Crippen LogP contribution in [0.5, 0.6) is 0 Å². The van der Waals surface area contributed by atoms with Gasteiger partial charge in [0, 0.05) is 32.1 Å². The highest BCUT2D eigenvalue weighted by atomic mass is 127. The second-order valence-electron chi connectivity index (χ2n) is 6.41. The van der Waals surface area contributed by atoms with Gasteiger partial charge in [0.25, 0.3) is 0 Å². The zero-order valence-electron chi connectivity index (χ0n) is 13.6. The summed E-state index contributed by atoms with van der Waals surface area (Å²) >= 11 is 0. The number of aliphatic hydroxyl groups is 1. The summed E-state index contributed by atoms with van der Waals surface area (Å²) in [5.74, 6) is 1.18. The number of aliphatic imine (C=N–C) groups is 1. The van der Waals surface area contributed by atoms with E-state index >= 15 is 0 Å². The Morgan fingerprint density at radius 3 is 2.48 bits per heavy atom. The zero-order chi connectivity index (χ0) is 15.0. The van der Waals surface area contributed by atoms with Crippen molar-refractivity contribution in [3.63, 3.8) is 0 Å². The number of nitrogens with one attached hydrogen (secondary N) is 1. The molecule has 1 aliphatic heterocycles. The summed E-state index contributed by atoms with van der Waals surface area (Å²) in [6.45, 7) is 8.15. The summed E-state index contributed by atoms with van der Waals surface area (Å²) in [5.41, 5.74) is 5.13. The molecule has 0 aromatic heterocycles. The molecule has 1 heterocycles. The highest BCUT2D eigenvalue weighted by molar-refractivity contribution is 14.0. The molecule has 0 radical (unpaired) electrons. The van der Waals surface area contributed by atoms with E-state index in [2.05, 4.69) is 31.1 Å². The molecular weight excluding hydrogens is 381 g/mol. The third-order valence-electron chi connectivity index (χ3n) is 3.78. The van der Waals surface area contributed by atoms with E-state index in [1.807, 2.05) is 0 Å². The summed E-state index contributed by atoms with van der Waals surface area (Å²) in [7, 11) is 0. The number of guanidine groups is 1. The maximum Gasteiger partial charge on any atom is 0.188 e. The largest absolute Gasteiger partial charge is 0.388 e. The number of rotatable bonds is 7. The van der Waals surface area contributed by atoms with Crippen LogP contribution in [0.25, 0.3) is 0 Å².